The van der Waals surface area contributed by atoms with E-state index in [1.165, 1.54) is 11.3 Å². The minimum absolute atomic E-state index is 0.420. The molecule has 0 bridgehead atoms. The molecule has 3 N–H and O–H groups in total. The zero-order valence-corrected chi connectivity index (χ0v) is 13.0. The molecular formula is C13H14F2N2O2S2. The zero-order chi connectivity index (χ0) is 15.8. The number of thiophene rings is 1. The van der Waals surface area contributed by atoms with Crippen LogP contribution in [0.1, 0.15) is 22.7 Å². The average Bonchev–Trinajstić information content (AvgIpc) is 2.80. The maximum Gasteiger partial charge on any atom is 0.244 e. The maximum atomic E-state index is 13.7. The number of nitrogens with two attached hydrogens (primary N) is 1. The molecule has 21 heavy (non-hydrogen) atoms. The summed E-state index contributed by atoms with van der Waals surface area (Å²) in [5, 5.41) is 0. The lowest BCUT2D eigenvalue weighted by molar-refractivity contribution is 0.538. The highest BCUT2D eigenvalue weighted by Gasteiger charge is 2.24. The number of benzene rings is 1. The van der Waals surface area contributed by atoms with Gasteiger partial charge in [-0.05, 0) is 32.0 Å². The molecule has 1 aromatic carbocycles. The summed E-state index contributed by atoms with van der Waals surface area (Å²) < 4.78 is 53.5. The number of halogens is 2. The highest BCUT2D eigenvalue weighted by Crippen LogP contribution is 2.26. The molecule has 4 nitrogen and oxygen atoms in total. The molecule has 1 heterocycles. The summed E-state index contributed by atoms with van der Waals surface area (Å²) >= 11 is 1.44. The fraction of sp³-hybridized carbons (Fsp3) is 0.231. The van der Waals surface area contributed by atoms with Gasteiger partial charge < -0.3 is 5.73 Å². The molecule has 0 saturated heterocycles. The summed E-state index contributed by atoms with van der Waals surface area (Å²) in [5.41, 5.74) is 4.88. The molecule has 1 atom stereocenters. The highest BCUT2D eigenvalue weighted by molar-refractivity contribution is 7.89. The van der Waals surface area contributed by atoms with Crippen LogP contribution in [-0.4, -0.2) is 8.42 Å². The molecule has 0 aliphatic carbocycles. The molecule has 0 aliphatic rings. The first-order chi connectivity index (χ1) is 9.70. The third-order valence-corrected chi connectivity index (χ3v) is 5.60. The number of hydrogen-bond donors (Lipinski definition) is 2. The fourth-order valence-electron chi connectivity index (χ4n) is 1.79. The van der Waals surface area contributed by atoms with E-state index in [1.54, 1.807) is 13.0 Å². The van der Waals surface area contributed by atoms with E-state index in [1.807, 2.05) is 13.0 Å². The Morgan fingerprint density at radius 1 is 1.24 bits per heavy atom. The third-order valence-electron chi connectivity index (χ3n) is 2.86. The van der Waals surface area contributed by atoms with Crippen molar-refractivity contribution in [3.63, 3.8) is 0 Å². The Hall–Kier alpha value is -1.51. The third kappa shape index (κ3) is 3.39. The Kier molecular flexibility index (Phi) is 4.31. The summed E-state index contributed by atoms with van der Waals surface area (Å²) in [6.45, 7) is 3.54. The van der Waals surface area contributed by atoms with E-state index >= 15 is 0 Å². The Bertz CT molecular complexity index is 772. The van der Waals surface area contributed by atoms with Crippen molar-refractivity contribution in [2.24, 2.45) is 0 Å². The Balaban J connectivity index is 2.32. The van der Waals surface area contributed by atoms with Crippen molar-refractivity contribution < 1.29 is 17.2 Å². The SMILES string of the molecule is Cc1ccc(C(C)NS(=O)(=O)c2cc(N)c(F)cc2F)s1. The van der Waals surface area contributed by atoms with Crippen LogP contribution in [0, 0.1) is 18.6 Å². The van der Waals surface area contributed by atoms with Gasteiger partial charge in [-0.1, -0.05) is 0 Å². The normalized spacial score (nSPS) is 13.3. The molecule has 0 saturated carbocycles. The number of nitrogen functional groups attached to an aromatic ring is 1. The molecule has 1 aromatic heterocycles. The van der Waals surface area contributed by atoms with Crippen molar-refractivity contribution >= 4 is 27.0 Å². The molecule has 0 aliphatic heterocycles. The van der Waals surface area contributed by atoms with Gasteiger partial charge in [0.25, 0.3) is 0 Å². The van der Waals surface area contributed by atoms with Crippen LogP contribution >= 0.6 is 11.3 Å². The summed E-state index contributed by atoms with van der Waals surface area (Å²) in [5.74, 6) is -2.17. The molecule has 2 rings (SSSR count). The molecular weight excluding hydrogens is 318 g/mol. The van der Waals surface area contributed by atoms with E-state index in [4.69, 9.17) is 5.73 Å². The molecule has 0 amide bonds. The maximum absolute atomic E-state index is 13.7. The van der Waals surface area contributed by atoms with E-state index < -0.39 is 38.3 Å². The average molecular weight is 332 g/mol. The molecule has 0 radical (unpaired) electrons. The lowest BCUT2D eigenvalue weighted by Crippen LogP contribution is -2.27. The van der Waals surface area contributed by atoms with Crippen LogP contribution < -0.4 is 10.5 Å². The van der Waals surface area contributed by atoms with Gasteiger partial charge in [0.05, 0.1) is 11.7 Å². The van der Waals surface area contributed by atoms with E-state index in [0.717, 1.165) is 15.8 Å². The van der Waals surface area contributed by atoms with Crippen LogP contribution in [0.2, 0.25) is 0 Å². The Morgan fingerprint density at radius 2 is 1.90 bits per heavy atom. The van der Waals surface area contributed by atoms with Crippen molar-refractivity contribution in [2.45, 2.75) is 24.8 Å². The minimum atomic E-state index is -4.13. The van der Waals surface area contributed by atoms with Gasteiger partial charge in [0.2, 0.25) is 10.0 Å². The largest absolute Gasteiger partial charge is 0.396 e. The van der Waals surface area contributed by atoms with Crippen molar-refractivity contribution in [1.29, 1.82) is 0 Å². The second-order valence-corrected chi connectivity index (χ2v) is 7.60. The quantitative estimate of drug-likeness (QED) is 0.846. The molecule has 0 fully saturated rings. The Morgan fingerprint density at radius 3 is 2.48 bits per heavy atom. The van der Waals surface area contributed by atoms with Crippen LogP contribution in [0.4, 0.5) is 14.5 Å². The van der Waals surface area contributed by atoms with Crippen molar-refractivity contribution in [1.82, 2.24) is 4.72 Å². The molecule has 8 heteroatoms. The standard InChI is InChI=1S/C13H14F2N2O2S2/c1-7-3-4-12(20-7)8(2)17-21(18,19)13-6-11(16)9(14)5-10(13)15/h3-6,8,17H,16H2,1-2H3. The number of rotatable bonds is 4. The molecule has 0 spiro atoms. The first kappa shape index (κ1) is 15.9. The fourth-order valence-corrected chi connectivity index (χ4v) is 4.06. The van der Waals surface area contributed by atoms with Gasteiger partial charge in [-0.3, -0.25) is 0 Å². The molecule has 114 valence electrons. The summed E-state index contributed by atoms with van der Waals surface area (Å²) in [6.07, 6.45) is 0. The Labute approximate surface area is 125 Å². The van der Waals surface area contributed by atoms with Gasteiger partial charge in [0, 0.05) is 15.8 Å². The van der Waals surface area contributed by atoms with Gasteiger partial charge in [-0.15, -0.1) is 11.3 Å². The highest BCUT2D eigenvalue weighted by atomic mass is 32.2. The molecule has 2 aromatic rings. The predicted octanol–water partition coefficient (Wildman–Crippen LogP) is 2.96. The van der Waals surface area contributed by atoms with E-state index in [2.05, 4.69) is 4.72 Å². The van der Waals surface area contributed by atoms with Crippen molar-refractivity contribution in [3.8, 4) is 0 Å². The predicted molar refractivity (Wildman–Crippen MR) is 78.6 cm³/mol. The van der Waals surface area contributed by atoms with Crippen LogP contribution in [-0.2, 0) is 10.0 Å². The van der Waals surface area contributed by atoms with Crippen LogP contribution in [0.5, 0.6) is 0 Å². The second-order valence-electron chi connectivity index (χ2n) is 4.60. The summed E-state index contributed by atoms with van der Waals surface area (Å²) in [6, 6.07) is 4.37. The lowest BCUT2D eigenvalue weighted by Gasteiger charge is -2.14. The van der Waals surface area contributed by atoms with E-state index in [0.29, 0.717) is 6.07 Å². The summed E-state index contributed by atoms with van der Waals surface area (Å²) in [7, 11) is -4.13. The van der Waals surface area contributed by atoms with Crippen molar-refractivity contribution in [3.05, 3.63) is 45.7 Å². The van der Waals surface area contributed by atoms with Gasteiger partial charge in [0.1, 0.15) is 16.5 Å². The number of nitrogens with one attached hydrogen (secondary N) is 1. The monoisotopic (exact) mass is 332 g/mol. The number of hydrogen-bond acceptors (Lipinski definition) is 4. The van der Waals surface area contributed by atoms with Gasteiger partial charge in [-0.25, -0.2) is 21.9 Å². The van der Waals surface area contributed by atoms with Gasteiger partial charge in [0.15, 0.2) is 0 Å². The number of anilines is 1. The van der Waals surface area contributed by atoms with Gasteiger partial charge >= 0.3 is 0 Å². The second kappa shape index (κ2) is 5.70. The minimum Gasteiger partial charge on any atom is -0.396 e. The zero-order valence-electron chi connectivity index (χ0n) is 11.4. The van der Waals surface area contributed by atoms with Crippen molar-refractivity contribution in [2.75, 3.05) is 5.73 Å². The lowest BCUT2D eigenvalue weighted by atomic mass is 10.3. The first-order valence-corrected chi connectivity index (χ1v) is 8.34. The van der Waals surface area contributed by atoms with Gasteiger partial charge in [-0.2, -0.15) is 0 Å². The summed E-state index contributed by atoms with van der Waals surface area (Å²) in [4.78, 5) is 1.17. The van der Waals surface area contributed by atoms with Crippen LogP contribution in [0.25, 0.3) is 0 Å². The first-order valence-electron chi connectivity index (χ1n) is 6.04. The van der Waals surface area contributed by atoms with E-state index in [-0.39, 0.29) is 0 Å². The smallest absolute Gasteiger partial charge is 0.244 e. The number of sulfonamides is 1. The topological polar surface area (TPSA) is 72.2 Å². The molecule has 1 unspecified atom stereocenters. The van der Waals surface area contributed by atoms with Crippen LogP contribution in [0.3, 0.4) is 0 Å². The van der Waals surface area contributed by atoms with E-state index in [9.17, 15) is 17.2 Å². The van der Waals surface area contributed by atoms with Crippen LogP contribution in [0.15, 0.2) is 29.2 Å². The number of aryl methyl sites for hydroxylation is 1.